The lowest BCUT2D eigenvalue weighted by Crippen LogP contribution is -2.68. The number of hydrogen-bond donors (Lipinski definition) is 3. The number of ether oxygens (including phenoxy) is 2. The monoisotopic (exact) mass is 552 g/mol. The Morgan fingerprint density at radius 1 is 1.18 bits per heavy atom. The largest absolute Gasteiger partial charge is 0.384 e. The fourth-order valence-corrected chi connectivity index (χ4v) is 5.48. The van der Waals surface area contributed by atoms with E-state index in [-0.39, 0.29) is 47.2 Å². The number of nitrogens with zero attached hydrogens (tertiary/aromatic N) is 2. The number of aliphatic hydroxyl groups is 1. The van der Waals surface area contributed by atoms with Crippen LogP contribution < -0.4 is 10.6 Å². The van der Waals surface area contributed by atoms with E-state index in [4.69, 9.17) is 9.47 Å². The smallest absolute Gasteiger partial charge is 0.303 e. The molecule has 8 nitrogen and oxygen atoms in total. The molecule has 1 amide bonds. The molecular formula is C27H32F4N4O4. The molecule has 1 saturated heterocycles. The Labute approximate surface area is 223 Å². The summed E-state index contributed by atoms with van der Waals surface area (Å²) >= 11 is 0. The number of hydrogen-bond acceptors (Lipinski definition) is 7. The van der Waals surface area contributed by atoms with Gasteiger partial charge in [-0.1, -0.05) is 12.1 Å². The number of amides is 1. The van der Waals surface area contributed by atoms with E-state index in [1.165, 1.54) is 26.0 Å². The van der Waals surface area contributed by atoms with Gasteiger partial charge in [-0.05, 0) is 58.9 Å². The van der Waals surface area contributed by atoms with Crippen LogP contribution in [0.5, 0.6) is 0 Å². The van der Waals surface area contributed by atoms with Gasteiger partial charge in [0.05, 0.1) is 36.1 Å². The molecule has 6 rings (SSSR count). The van der Waals surface area contributed by atoms with Crippen LogP contribution in [0.3, 0.4) is 0 Å². The molecule has 2 bridgehead atoms. The van der Waals surface area contributed by atoms with E-state index in [9.17, 15) is 18.7 Å². The molecule has 2 atom stereocenters. The normalized spacial score (nSPS) is 24.5. The lowest BCUT2D eigenvalue weighted by molar-refractivity contribution is -0.170. The van der Waals surface area contributed by atoms with Crippen LogP contribution in [0.4, 0.5) is 23.4 Å². The standard InChI is InChI=1S/C27H32F4N4O4/c1-13(16-6-5-7-17(19(16)28)27(30,31)25(3,4)37)32-22-18(24-38-8-9-39-24)21(33-14(2)34-22)20(29)23(36)35-26-10-15(11-26)12-26/h5-7,13,15,20,24,37H,8-12H2,1-4H3,(H,35,36)(H,32,33,34)/t13-,15?,20?,26?/m1/s1. The highest BCUT2D eigenvalue weighted by molar-refractivity contribution is 5.83. The Bertz CT molecular complexity index is 1260. The molecule has 12 heteroatoms. The minimum Gasteiger partial charge on any atom is -0.384 e. The van der Waals surface area contributed by atoms with E-state index in [2.05, 4.69) is 20.6 Å². The molecule has 1 aromatic heterocycles. The number of benzene rings is 1. The zero-order valence-corrected chi connectivity index (χ0v) is 22.2. The summed E-state index contributed by atoms with van der Waals surface area (Å²) in [6.45, 7) is 5.25. The van der Waals surface area contributed by atoms with Gasteiger partial charge in [0.1, 0.15) is 23.1 Å². The highest BCUT2D eigenvalue weighted by atomic mass is 19.3. The van der Waals surface area contributed by atoms with Crippen molar-refractivity contribution in [3.63, 3.8) is 0 Å². The van der Waals surface area contributed by atoms with Gasteiger partial charge >= 0.3 is 5.92 Å². The number of alkyl halides is 3. The van der Waals surface area contributed by atoms with Crippen LogP contribution in [-0.2, 0) is 20.2 Å². The number of rotatable bonds is 9. The Hall–Kier alpha value is -2.83. The Kier molecular flexibility index (Phi) is 6.87. The van der Waals surface area contributed by atoms with Crippen molar-refractivity contribution in [2.24, 2.45) is 5.92 Å². The number of aromatic nitrogens is 2. The van der Waals surface area contributed by atoms with Crippen LogP contribution in [0.2, 0.25) is 0 Å². The highest BCUT2D eigenvalue weighted by Crippen LogP contribution is 2.57. The average molecular weight is 553 g/mol. The molecule has 212 valence electrons. The van der Waals surface area contributed by atoms with Crippen LogP contribution in [0.15, 0.2) is 18.2 Å². The summed E-state index contributed by atoms with van der Waals surface area (Å²) in [4.78, 5) is 21.4. The predicted molar refractivity (Wildman–Crippen MR) is 132 cm³/mol. The first-order chi connectivity index (χ1) is 18.2. The molecule has 1 aromatic carbocycles. The maximum absolute atomic E-state index is 15.7. The lowest BCUT2D eigenvalue weighted by atomic mass is 9.50. The molecule has 39 heavy (non-hydrogen) atoms. The van der Waals surface area contributed by atoms with Crippen LogP contribution in [0.25, 0.3) is 0 Å². The molecular weight excluding hydrogens is 520 g/mol. The summed E-state index contributed by atoms with van der Waals surface area (Å²) in [5.41, 5.74) is -4.15. The Morgan fingerprint density at radius 2 is 1.82 bits per heavy atom. The first-order valence-corrected chi connectivity index (χ1v) is 13.0. The van der Waals surface area contributed by atoms with Crippen molar-refractivity contribution < 1.29 is 36.9 Å². The number of carbonyl (C=O) groups is 1. The van der Waals surface area contributed by atoms with Gasteiger partial charge in [-0.2, -0.15) is 8.78 Å². The number of nitrogens with one attached hydrogen (secondary N) is 2. The van der Waals surface area contributed by atoms with Crippen LogP contribution >= 0.6 is 0 Å². The summed E-state index contributed by atoms with van der Waals surface area (Å²) in [7, 11) is 0. The third kappa shape index (κ3) is 4.87. The van der Waals surface area contributed by atoms with Crippen molar-refractivity contribution in [2.45, 2.75) is 82.5 Å². The number of aryl methyl sites for hydroxylation is 1. The molecule has 4 aliphatic rings. The average Bonchev–Trinajstić information content (AvgIpc) is 3.33. The highest BCUT2D eigenvalue weighted by Gasteiger charge is 2.58. The number of carbonyl (C=O) groups excluding carboxylic acids is 1. The first-order valence-electron chi connectivity index (χ1n) is 13.0. The van der Waals surface area contributed by atoms with Crippen molar-refractivity contribution in [2.75, 3.05) is 18.5 Å². The summed E-state index contributed by atoms with van der Waals surface area (Å²) < 4.78 is 72.0. The van der Waals surface area contributed by atoms with Gasteiger partial charge < -0.3 is 25.2 Å². The van der Waals surface area contributed by atoms with Crippen molar-refractivity contribution in [1.29, 1.82) is 0 Å². The quantitative estimate of drug-likeness (QED) is 0.388. The fourth-order valence-electron chi connectivity index (χ4n) is 5.48. The zero-order chi connectivity index (χ0) is 28.3. The Morgan fingerprint density at radius 3 is 2.38 bits per heavy atom. The SMILES string of the molecule is Cc1nc(N[C@H](C)c2cccc(C(F)(F)C(C)(C)O)c2F)c(C2OCCO2)c(C(F)C(=O)NC23CC(C2)C3)n1. The van der Waals surface area contributed by atoms with Gasteiger partial charge in [0, 0.05) is 11.1 Å². The lowest BCUT2D eigenvalue weighted by Gasteiger charge is -2.61. The van der Waals surface area contributed by atoms with Crippen molar-refractivity contribution in [3.05, 3.63) is 52.2 Å². The summed E-state index contributed by atoms with van der Waals surface area (Å²) in [5, 5.41) is 15.7. The predicted octanol–water partition coefficient (Wildman–Crippen LogP) is 4.68. The van der Waals surface area contributed by atoms with E-state index in [0.717, 1.165) is 39.2 Å². The van der Waals surface area contributed by atoms with Gasteiger partial charge in [0.2, 0.25) is 6.17 Å². The summed E-state index contributed by atoms with van der Waals surface area (Å²) in [5.74, 6) is -5.16. The van der Waals surface area contributed by atoms with E-state index in [0.29, 0.717) is 5.92 Å². The Balaban J connectivity index is 1.48. The van der Waals surface area contributed by atoms with E-state index >= 15 is 8.78 Å². The third-order valence-corrected chi connectivity index (χ3v) is 7.80. The molecule has 0 radical (unpaired) electrons. The van der Waals surface area contributed by atoms with Gasteiger partial charge in [0.15, 0.2) is 6.29 Å². The molecule has 4 fully saturated rings. The van der Waals surface area contributed by atoms with E-state index in [1.807, 2.05) is 0 Å². The second-order valence-electron chi connectivity index (χ2n) is 11.3. The fraction of sp³-hybridized carbons (Fsp3) is 0.593. The van der Waals surface area contributed by atoms with E-state index in [1.54, 1.807) is 0 Å². The molecule has 3 N–H and O–H groups in total. The molecule has 3 aliphatic carbocycles. The number of anilines is 1. The van der Waals surface area contributed by atoms with Gasteiger partial charge in [0.25, 0.3) is 5.91 Å². The van der Waals surface area contributed by atoms with Crippen LogP contribution in [0, 0.1) is 18.7 Å². The topological polar surface area (TPSA) is 106 Å². The first kappa shape index (κ1) is 27.7. The van der Waals surface area contributed by atoms with Crippen molar-refractivity contribution >= 4 is 11.7 Å². The second kappa shape index (κ2) is 9.67. The molecule has 2 aromatic rings. The molecule has 0 spiro atoms. The summed E-state index contributed by atoms with van der Waals surface area (Å²) in [6.07, 6.45) is -0.747. The maximum Gasteiger partial charge on any atom is 0.303 e. The van der Waals surface area contributed by atoms with Gasteiger partial charge in [-0.15, -0.1) is 0 Å². The van der Waals surface area contributed by atoms with Crippen LogP contribution in [0.1, 0.15) is 86.7 Å². The van der Waals surface area contributed by atoms with Crippen LogP contribution in [-0.4, -0.2) is 45.3 Å². The third-order valence-electron chi connectivity index (χ3n) is 7.80. The maximum atomic E-state index is 15.7. The molecule has 1 aliphatic heterocycles. The van der Waals surface area contributed by atoms with Crippen molar-refractivity contribution in [1.82, 2.24) is 15.3 Å². The van der Waals surface area contributed by atoms with Crippen molar-refractivity contribution in [3.8, 4) is 0 Å². The molecule has 3 saturated carbocycles. The van der Waals surface area contributed by atoms with Gasteiger partial charge in [-0.25, -0.2) is 18.7 Å². The summed E-state index contributed by atoms with van der Waals surface area (Å²) in [6, 6.07) is 2.56. The minimum absolute atomic E-state index is 0.0249. The minimum atomic E-state index is -3.88. The zero-order valence-electron chi connectivity index (χ0n) is 22.2. The molecule has 1 unspecified atom stereocenters. The van der Waals surface area contributed by atoms with Gasteiger partial charge in [-0.3, -0.25) is 4.79 Å². The van der Waals surface area contributed by atoms with E-state index < -0.39 is 47.3 Å². The second-order valence-corrected chi connectivity index (χ2v) is 11.3. The number of halogens is 4. The molecule has 2 heterocycles.